The summed E-state index contributed by atoms with van der Waals surface area (Å²) in [7, 11) is 2.83. The number of carbonyl (C=O) groups excluding carboxylic acids is 2. The van der Waals surface area contributed by atoms with Gasteiger partial charge in [0.15, 0.2) is 12.3 Å². The fraction of sp³-hybridized carbons (Fsp3) is 0.625. The topological polar surface area (TPSA) is 164 Å². The van der Waals surface area contributed by atoms with Crippen LogP contribution in [0.1, 0.15) is 68.4 Å². The lowest BCUT2D eigenvalue weighted by molar-refractivity contribution is -0.169. The van der Waals surface area contributed by atoms with Crippen molar-refractivity contribution in [1.82, 2.24) is 5.32 Å². The first kappa shape index (κ1) is 34.5. The van der Waals surface area contributed by atoms with Crippen LogP contribution in [-0.2, 0) is 30.2 Å². The number of carbonyl (C=O) groups is 2. The second-order valence-electron chi connectivity index (χ2n) is 12.4. The summed E-state index contributed by atoms with van der Waals surface area (Å²) in [6, 6.07) is 1.12. The van der Waals surface area contributed by atoms with E-state index in [0.717, 1.165) is 17.2 Å². The molecule has 0 aliphatic carbocycles. The molecule has 1 amide bonds. The third kappa shape index (κ3) is 7.41. The van der Waals surface area contributed by atoms with E-state index in [1.54, 1.807) is 20.8 Å². The van der Waals surface area contributed by atoms with Crippen molar-refractivity contribution in [2.45, 2.75) is 103 Å². The number of hydrogen-bond donors (Lipinski definition) is 5. The first-order valence-electron chi connectivity index (χ1n) is 14.5. The van der Waals surface area contributed by atoms with Gasteiger partial charge in [0.25, 0.3) is 5.91 Å². The van der Waals surface area contributed by atoms with Crippen LogP contribution in [-0.4, -0.2) is 89.4 Å². The number of aromatic hydroxyl groups is 2. The summed E-state index contributed by atoms with van der Waals surface area (Å²) >= 11 is 0. The van der Waals surface area contributed by atoms with E-state index >= 15 is 0 Å². The second kappa shape index (κ2) is 13.8. The van der Waals surface area contributed by atoms with Crippen molar-refractivity contribution >= 4 is 11.9 Å². The minimum Gasteiger partial charge on any atom is -0.508 e. The van der Waals surface area contributed by atoms with E-state index in [9.17, 15) is 30.0 Å². The van der Waals surface area contributed by atoms with Crippen LogP contribution in [0.4, 0.5) is 0 Å². The number of amides is 1. The lowest BCUT2D eigenvalue weighted by atomic mass is 9.72. The summed E-state index contributed by atoms with van der Waals surface area (Å²) in [5.41, 5.74) is 2.03. The highest BCUT2D eigenvalue weighted by atomic mass is 16.6. The maximum Gasteiger partial charge on any atom is 0.342 e. The number of phenolic OH excluding ortho intramolecular Hbond substituents is 2. The van der Waals surface area contributed by atoms with Crippen LogP contribution in [0.25, 0.3) is 0 Å². The summed E-state index contributed by atoms with van der Waals surface area (Å²) in [4.78, 5) is 25.7. The fourth-order valence-electron chi connectivity index (χ4n) is 5.76. The molecule has 0 aromatic heterocycles. The Kier molecular flexibility index (Phi) is 11.1. The normalized spacial score (nSPS) is 25.1. The molecule has 0 radical (unpaired) electrons. The van der Waals surface area contributed by atoms with E-state index in [2.05, 4.69) is 18.5 Å². The van der Waals surface area contributed by atoms with Gasteiger partial charge in [0.1, 0.15) is 29.3 Å². The lowest BCUT2D eigenvalue weighted by Crippen LogP contribution is -2.56. The molecule has 1 unspecified atom stereocenters. The van der Waals surface area contributed by atoms with Gasteiger partial charge in [0, 0.05) is 44.5 Å². The van der Waals surface area contributed by atoms with Gasteiger partial charge in [-0.25, -0.2) is 4.79 Å². The van der Waals surface area contributed by atoms with Gasteiger partial charge in [0.2, 0.25) is 0 Å². The molecule has 1 aromatic rings. The Morgan fingerprint density at radius 2 is 1.81 bits per heavy atom. The number of ether oxygens (including phenoxy) is 4. The van der Waals surface area contributed by atoms with E-state index < -0.39 is 66.1 Å². The van der Waals surface area contributed by atoms with Crippen molar-refractivity contribution < 1.29 is 49.0 Å². The number of cyclic esters (lactones) is 1. The van der Waals surface area contributed by atoms with Gasteiger partial charge in [-0.2, -0.15) is 0 Å². The molecule has 2 aliphatic heterocycles. The number of rotatable bonds is 12. The summed E-state index contributed by atoms with van der Waals surface area (Å²) in [5.74, 6) is -2.40. The first-order valence-corrected chi connectivity index (χ1v) is 14.5. The average molecular weight is 606 g/mol. The SMILES string of the molecule is C=C(C)C[C@H](OC)[C@H](O)C(=O)N[C@@H](OC)[C@@H]1CC(=C)C(C)(C)C(C[C@H](O)[C@@H](C)[C@H]2Cc3c(C)c(O)cc(O)c3C(=O)O2)O1. The maximum absolute atomic E-state index is 12.9. The quantitative estimate of drug-likeness (QED) is 0.136. The number of phenols is 2. The summed E-state index contributed by atoms with van der Waals surface area (Å²) in [5, 5.41) is 45.1. The van der Waals surface area contributed by atoms with Crippen LogP contribution in [0.5, 0.6) is 11.5 Å². The van der Waals surface area contributed by atoms with Gasteiger partial charge < -0.3 is 44.7 Å². The summed E-state index contributed by atoms with van der Waals surface area (Å²) in [6.07, 6.45) is -5.01. The molecule has 2 aliphatic rings. The Morgan fingerprint density at radius 1 is 1.16 bits per heavy atom. The molecule has 0 bridgehead atoms. The highest BCUT2D eigenvalue weighted by Gasteiger charge is 2.46. The molecule has 0 spiro atoms. The third-order valence-corrected chi connectivity index (χ3v) is 9.04. The van der Waals surface area contributed by atoms with E-state index in [-0.39, 0.29) is 29.9 Å². The van der Waals surface area contributed by atoms with Crippen LogP contribution < -0.4 is 5.32 Å². The molecule has 8 atom stereocenters. The minimum absolute atomic E-state index is 0.0262. The lowest BCUT2D eigenvalue weighted by Gasteiger charge is -2.47. The predicted octanol–water partition coefficient (Wildman–Crippen LogP) is 3.05. The van der Waals surface area contributed by atoms with Crippen molar-refractivity contribution in [2.24, 2.45) is 11.3 Å². The van der Waals surface area contributed by atoms with Crippen LogP contribution in [0.2, 0.25) is 0 Å². The predicted molar refractivity (Wildman–Crippen MR) is 159 cm³/mol. The molecule has 11 heteroatoms. The number of hydrogen-bond acceptors (Lipinski definition) is 10. The molecule has 1 aromatic carbocycles. The van der Waals surface area contributed by atoms with Crippen LogP contribution >= 0.6 is 0 Å². The minimum atomic E-state index is -1.46. The number of nitrogens with one attached hydrogen (secondary N) is 1. The number of aliphatic hydroxyl groups excluding tert-OH is 2. The Balaban J connectivity index is 1.74. The largest absolute Gasteiger partial charge is 0.508 e. The van der Waals surface area contributed by atoms with Crippen LogP contribution in [0.15, 0.2) is 30.4 Å². The zero-order chi connectivity index (χ0) is 32.4. The molecular formula is C32H47NO10. The van der Waals surface area contributed by atoms with Crippen molar-refractivity contribution in [1.29, 1.82) is 0 Å². The molecule has 1 fully saturated rings. The molecule has 5 N–H and O–H groups in total. The monoisotopic (exact) mass is 605 g/mol. The number of aliphatic hydroxyl groups is 2. The Bertz CT molecular complexity index is 1230. The molecule has 11 nitrogen and oxygen atoms in total. The fourth-order valence-corrected chi connectivity index (χ4v) is 5.76. The first-order chi connectivity index (χ1) is 20.0. The number of methoxy groups -OCH3 is 2. The van der Waals surface area contributed by atoms with Gasteiger partial charge in [-0.15, -0.1) is 6.58 Å². The highest BCUT2D eigenvalue weighted by Crippen LogP contribution is 2.44. The Hall–Kier alpha value is -2.96. The van der Waals surface area contributed by atoms with Crippen LogP contribution in [0.3, 0.4) is 0 Å². The second-order valence-corrected chi connectivity index (χ2v) is 12.4. The molecule has 1 saturated heterocycles. The Morgan fingerprint density at radius 3 is 2.40 bits per heavy atom. The van der Waals surface area contributed by atoms with Gasteiger partial charge in [0.05, 0.1) is 18.3 Å². The average Bonchev–Trinajstić information content (AvgIpc) is 2.94. The number of fused-ring (bicyclic) bond motifs is 1. The van der Waals surface area contributed by atoms with E-state index in [1.165, 1.54) is 14.2 Å². The molecule has 0 saturated carbocycles. The zero-order valence-corrected chi connectivity index (χ0v) is 26.2. The van der Waals surface area contributed by atoms with Gasteiger partial charge in [-0.3, -0.25) is 4.79 Å². The maximum atomic E-state index is 12.9. The number of esters is 1. The number of benzene rings is 1. The zero-order valence-electron chi connectivity index (χ0n) is 26.2. The molecule has 43 heavy (non-hydrogen) atoms. The molecule has 2 heterocycles. The van der Waals surface area contributed by atoms with Crippen LogP contribution in [0, 0.1) is 18.3 Å². The van der Waals surface area contributed by atoms with Crippen molar-refractivity contribution in [3.05, 3.63) is 47.1 Å². The molecule has 240 valence electrons. The van der Waals surface area contributed by atoms with Gasteiger partial charge >= 0.3 is 5.97 Å². The summed E-state index contributed by atoms with van der Waals surface area (Å²) in [6.45, 7) is 17.2. The molecule has 3 rings (SSSR count). The van der Waals surface area contributed by atoms with Gasteiger partial charge in [-0.1, -0.05) is 38.5 Å². The standard InChI is InChI=1S/C32H47NO10/c1-15(2)10-24(40-8)28(37)29(38)33-30(41-9)25-11-16(3)32(6,7)26(42-25)14-21(35)18(5)23-12-19-17(4)20(34)13-22(36)27(19)31(39)43-23/h13,18,21,23-26,28,30,34-37H,1,3,10-12,14H2,2,4-9H3,(H,33,38)/t18-,21+,23-,24+,25+,26?,28+,30+/m1/s1. The third-order valence-electron chi connectivity index (χ3n) is 9.04. The smallest absolute Gasteiger partial charge is 0.342 e. The Labute approximate surface area is 253 Å². The molecular weight excluding hydrogens is 558 g/mol. The van der Waals surface area contributed by atoms with Gasteiger partial charge in [-0.05, 0) is 37.8 Å². The summed E-state index contributed by atoms with van der Waals surface area (Å²) < 4.78 is 22.9. The highest BCUT2D eigenvalue weighted by molar-refractivity contribution is 5.96. The van der Waals surface area contributed by atoms with Crippen molar-refractivity contribution in [2.75, 3.05) is 14.2 Å². The van der Waals surface area contributed by atoms with E-state index in [1.807, 2.05) is 13.8 Å². The van der Waals surface area contributed by atoms with Crippen molar-refractivity contribution in [3.8, 4) is 11.5 Å². The van der Waals surface area contributed by atoms with Crippen molar-refractivity contribution in [3.63, 3.8) is 0 Å². The van der Waals surface area contributed by atoms with E-state index in [4.69, 9.17) is 18.9 Å². The van der Waals surface area contributed by atoms with E-state index in [0.29, 0.717) is 24.0 Å².